The molecular formula is C21H21BrN4O3S. The molecule has 0 aliphatic carbocycles. The summed E-state index contributed by atoms with van der Waals surface area (Å²) < 4.78 is 13.1. The third-order valence-corrected chi connectivity index (χ3v) is 5.66. The summed E-state index contributed by atoms with van der Waals surface area (Å²) in [5, 5.41) is 11.9. The number of benzene rings is 2. The number of anilines is 2. The van der Waals surface area contributed by atoms with Crippen LogP contribution in [0.3, 0.4) is 0 Å². The van der Waals surface area contributed by atoms with Gasteiger partial charge in [-0.2, -0.15) is 0 Å². The predicted octanol–water partition coefficient (Wildman–Crippen LogP) is 4.64. The minimum atomic E-state index is -0.264. The number of nitrogens with one attached hydrogen (secondary N) is 1. The molecular weight excluding hydrogens is 468 g/mol. The minimum absolute atomic E-state index is 0.158. The van der Waals surface area contributed by atoms with Crippen molar-refractivity contribution in [3.05, 3.63) is 75.5 Å². The highest BCUT2D eigenvalue weighted by Gasteiger charge is 2.13. The van der Waals surface area contributed by atoms with Crippen LogP contribution in [0.5, 0.6) is 11.5 Å². The van der Waals surface area contributed by atoms with Crippen LogP contribution in [0.2, 0.25) is 0 Å². The van der Waals surface area contributed by atoms with E-state index >= 15 is 0 Å². The lowest BCUT2D eigenvalue weighted by atomic mass is 10.2. The van der Waals surface area contributed by atoms with Gasteiger partial charge in [0.05, 0.1) is 14.2 Å². The Morgan fingerprint density at radius 3 is 2.67 bits per heavy atom. The smallest absolute Gasteiger partial charge is 0.297 e. The largest absolute Gasteiger partial charge is 0.493 e. The highest BCUT2D eigenvalue weighted by Crippen LogP contribution is 2.30. The average molecular weight is 489 g/mol. The Kier molecular flexibility index (Phi) is 7.53. The number of rotatable bonds is 9. The van der Waals surface area contributed by atoms with Crippen LogP contribution < -0.4 is 20.3 Å². The van der Waals surface area contributed by atoms with Gasteiger partial charge in [-0.15, -0.1) is 16.8 Å². The minimum Gasteiger partial charge on any atom is -0.493 e. The van der Waals surface area contributed by atoms with E-state index in [4.69, 9.17) is 9.47 Å². The van der Waals surface area contributed by atoms with E-state index < -0.39 is 0 Å². The molecule has 0 aliphatic heterocycles. The SMILES string of the molecule is C=CCn1c(SCc2ccc(OC)c(OC)c2)nnc(Nc2cccc(Br)c2)c1=O. The van der Waals surface area contributed by atoms with E-state index in [-0.39, 0.29) is 11.4 Å². The van der Waals surface area contributed by atoms with Gasteiger partial charge in [-0.3, -0.25) is 9.36 Å². The van der Waals surface area contributed by atoms with Crippen molar-refractivity contribution in [1.29, 1.82) is 0 Å². The molecule has 1 heterocycles. The van der Waals surface area contributed by atoms with Crippen LogP contribution >= 0.6 is 27.7 Å². The summed E-state index contributed by atoms with van der Waals surface area (Å²) in [5.74, 6) is 2.06. The van der Waals surface area contributed by atoms with E-state index in [9.17, 15) is 4.79 Å². The number of hydrogen-bond acceptors (Lipinski definition) is 7. The first-order chi connectivity index (χ1) is 14.5. The van der Waals surface area contributed by atoms with E-state index in [2.05, 4.69) is 38.0 Å². The second-order valence-corrected chi connectivity index (χ2v) is 8.01. The Bertz CT molecular complexity index is 1100. The first kappa shape index (κ1) is 21.9. The maximum atomic E-state index is 13.0. The van der Waals surface area contributed by atoms with Crippen LogP contribution in [0, 0.1) is 0 Å². The van der Waals surface area contributed by atoms with Gasteiger partial charge in [0.1, 0.15) is 0 Å². The molecule has 0 saturated carbocycles. The highest BCUT2D eigenvalue weighted by atomic mass is 79.9. The van der Waals surface area contributed by atoms with Crippen LogP contribution in [0.1, 0.15) is 5.56 Å². The van der Waals surface area contributed by atoms with E-state index in [0.29, 0.717) is 29.0 Å². The molecule has 0 aliphatic rings. The van der Waals surface area contributed by atoms with Gasteiger partial charge in [0.15, 0.2) is 16.7 Å². The second kappa shape index (κ2) is 10.3. The molecule has 0 amide bonds. The summed E-state index contributed by atoms with van der Waals surface area (Å²) in [6.45, 7) is 4.08. The highest BCUT2D eigenvalue weighted by molar-refractivity contribution is 9.10. The average Bonchev–Trinajstić information content (AvgIpc) is 2.75. The standard InChI is InChI=1S/C21H21BrN4O3S/c1-4-10-26-20(27)19(23-16-7-5-6-15(22)12-16)24-25-21(26)30-13-14-8-9-17(28-2)18(11-14)29-3/h4-9,11-12H,1,10,13H2,2-3H3,(H,23,24). The van der Waals surface area contributed by atoms with Crippen molar-refractivity contribution in [3.8, 4) is 11.5 Å². The van der Waals surface area contributed by atoms with Gasteiger partial charge in [-0.25, -0.2) is 0 Å². The molecule has 1 N–H and O–H groups in total. The van der Waals surface area contributed by atoms with Crippen molar-refractivity contribution < 1.29 is 9.47 Å². The van der Waals surface area contributed by atoms with E-state index in [0.717, 1.165) is 15.7 Å². The number of nitrogens with zero attached hydrogens (tertiary/aromatic N) is 3. The quantitative estimate of drug-likeness (QED) is 0.347. The Hall–Kier alpha value is -2.78. The van der Waals surface area contributed by atoms with Gasteiger partial charge in [0, 0.05) is 22.5 Å². The maximum absolute atomic E-state index is 13.0. The molecule has 0 saturated heterocycles. The van der Waals surface area contributed by atoms with Crippen molar-refractivity contribution in [1.82, 2.24) is 14.8 Å². The van der Waals surface area contributed by atoms with Crippen LogP contribution in [-0.2, 0) is 12.3 Å². The lowest BCUT2D eigenvalue weighted by Gasteiger charge is -2.12. The summed E-state index contributed by atoms with van der Waals surface area (Å²) in [4.78, 5) is 13.0. The summed E-state index contributed by atoms with van der Waals surface area (Å²) in [7, 11) is 3.19. The fourth-order valence-corrected chi connectivity index (χ4v) is 3.99. The topological polar surface area (TPSA) is 78.3 Å². The predicted molar refractivity (Wildman–Crippen MR) is 123 cm³/mol. The molecule has 3 rings (SSSR count). The Balaban J connectivity index is 1.83. The van der Waals surface area contributed by atoms with Gasteiger partial charge in [-0.1, -0.05) is 45.9 Å². The summed E-state index contributed by atoms with van der Waals surface area (Å²) >= 11 is 4.83. The van der Waals surface area contributed by atoms with Crippen molar-refractivity contribution in [2.75, 3.05) is 19.5 Å². The Morgan fingerprint density at radius 2 is 1.97 bits per heavy atom. The lowest BCUT2D eigenvalue weighted by molar-refractivity contribution is 0.354. The molecule has 3 aromatic rings. The van der Waals surface area contributed by atoms with Gasteiger partial charge in [-0.05, 0) is 35.9 Å². The van der Waals surface area contributed by atoms with Crippen molar-refractivity contribution in [2.24, 2.45) is 0 Å². The molecule has 0 fully saturated rings. The molecule has 1 aromatic heterocycles. The number of halogens is 1. The number of allylic oxidation sites excluding steroid dienone is 1. The van der Waals surface area contributed by atoms with Gasteiger partial charge in [0.2, 0.25) is 5.82 Å². The first-order valence-corrected chi connectivity index (χ1v) is 10.8. The lowest BCUT2D eigenvalue weighted by Crippen LogP contribution is -2.26. The van der Waals surface area contributed by atoms with Crippen LogP contribution in [0.25, 0.3) is 0 Å². The number of methoxy groups -OCH3 is 2. The molecule has 0 atom stereocenters. The second-order valence-electron chi connectivity index (χ2n) is 6.15. The van der Waals surface area contributed by atoms with Gasteiger partial charge in [0.25, 0.3) is 5.56 Å². The third kappa shape index (κ3) is 5.22. The summed E-state index contributed by atoms with van der Waals surface area (Å²) in [6.07, 6.45) is 1.66. The van der Waals surface area contributed by atoms with Crippen LogP contribution in [-0.4, -0.2) is 29.0 Å². The molecule has 156 valence electrons. The van der Waals surface area contributed by atoms with Crippen LogP contribution in [0.15, 0.2) is 69.5 Å². The monoisotopic (exact) mass is 488 g/mol. The molecule has 0 radical (unpaired) electrons. The Morgan fingerprint density at radius 1 is 1.17 bits per heavy atom. The van der Waals surface area contributed by atoms with Gasteiger partial charge >= 0.3 is 0 Å². The number of ether oxygens (including phenoxy) is 2. The van der Waals surface area contributed by atoms with Crippen molar-refractivity contribution in [2.45, 2.75) is 17.5 Å². The molecule has 7 nitrogen and oxygen atoms in total. The number of thioether (sulfide) groups is 1. The van der Waals surface area contributed by atoms with E-state index in [1.54, 1.807) is 24.9 Å². The Labute approximate surface area is 187 Å². The zero-order chi connectivity index (χ0) is 21.5. The number of aromatic nitrogens is 3. The first-order valence-electron chi connectivity index (χ1n) is 9.00. The zero-order valence-corrected chi connectivity index (χ0v) is 19.0. The summed E-state index contributed by atoms with van der Waals surface area (Å²) in [5.41, 5.74) is 1.49. The normalized spacial score (nSPS) is 10.5. The van der Waals surface area contributed by atoms with Gasteiger partial charge < -0.3 is 14.8 Å². The van der Waals surface area contributed by atoms with Crippen LogP contribution in [0.4, 0.5) is 11.5 Å². The van der Waals surface area contributed by atoms with Crippen molar-refractivity contribution in [3.63, 3.8) is 0 Å². The molecule has 0 bridgehead atoms. The zero-order valence-electron chi connectivity index (χ0n) is 16.6. The third-order valence-electron chi connectivity index (χ3n) is 4.13. The molecule has 0 unspecified atom stereocenters. The molecule has 30 heavy (non-hydrogen) atoms. The molecule has 9 heteroatoms. The fraction of sp³-hybridized carbons (Fsp3) is 0.190. The van der Waals surface area contributed by atoms with E-state index in [1.165, 1.54) is 11.8 Å². The summed E-state index contributed by atoms with van der Waals surface area (Å²) in [6, 6.07) is 13.2. The van der Waals surface area contributed by atoms with E-state index in [1.807, 2.05) is 42.5 Å². The molecule has 0 spiro atoms. The molecule has 2 aromatic carbocycles. The van der Waals surface area contributed by atoms with Crippen molar-refractivity contribution >= 4 is 39.2 Å². The fourth-order valence-electron chi connectivity index (χ4n) is 2.70. The maximum Gasteiger partial charge on any atom is 0.297 e. The number of hydrogen-bond donors (Lipinski definition) is 1.